The van der Waals surface area contributed by atoms with Gasteiger partial charge >= 0.3 is 0 Å². The zero-order valence-corrected chi connectivity index (χ0v) is 15.0. The van der Waals surface area contributed by atoms with E-state index in [1.54, 1.807) is 17.6 Å². The molecule has 0 fully saturated rings. The minimum absolute atomic E-state index is 0.499. The Bertz CT molecular complexity index is 635. The van der Waals surface area contributed by atoms with Gasteiger partial charge in [0.2, 0.25) is 0 Å². The fourth-order valence-electron chi connectivity index (χ4n) is 1.95. The third kappa shape index (κ3) is 5.61. The summed E-state index contributed by atoms with van der Waals surface area (Å²) in [6.45, 7) is 6.82. The Morgan fingerprint density at radius 1 is 1.30 bits per heavy atom. The first-order valence-corrected chi connectivity index (χ1v) is 8.77. The van der Waals surface area contributed by atoms with Crippen molar-refractivity contribution in [2.75, 3.05) is 18.0 Å². The molecule has 0 aliphatic rings. The first kappa shape index (κ1) is 17.4. The van der Waals surface area contributed by atoms with Crippen LogP contribution in [-0.2, 0) is 6.54 Å². The molecule has 7 heteroatoms. The number of thiazole rings is 1. The first-order chi connectivity index (χ1) is 11.2. The molecule has 23 heavy (non-hydrogen) atoms. The van der Waals surface area contributed by atoms with Crippen LogP contribution in [0.5, 0.6) is 0 Å². The van der Waals surface area contributed by atoms with E-state index in [2.05, 4.69) is 39.6 Å². The lowest BCUT2D eigenvalue weighted by molar-refractivity contribution is 0.860. The van der Waals surface area contributed by atoms with Crippen molar-refractivity contribution in [3.8, 4) is 0 Å². The van der Waals surface area contributed by atoms with Crippen molar-refractivity contribution >= 4 is 40.0 Å². The molecule has 1 heterocycles. The molecule has 2 aromatic rings. The minimum Gasteiger partial charge on any atom is -0.357 e. The van der Waals surface area contributed by atoms with Gasteiger partial charge in [-0.15, -0.1) is 0 Å². The fraction of sp³-hybridized carbons (Fsp3) is 0.312. The van der Waals surface area contributed by atoms with Gasteiger partial charge < -0.3 is 10.2 Å². The van der Waals surface area contributed by atoms with Crippen molar-refractivity contribution in [1.29, 1.82) is 0 Å². The van der Waals surface area contributed by atoms with Crippen LogP contribution in [0.15, 0.2) is 41.6 Å². The highest BCUT2D eigenvalue weighted by molar-refractivity contribution is 7.80. The summed E-state index contributed by atoms with van der Waals surface area (Å²) in [6, 6.07) is 10.1. The van der Waals surface area contributed by atoms with Crippen molar-refractivity contribution < 1.29 is 0 Å². The zero-order valence-electron chi connectivity index (χ0n) is 13.3. The van der Waals surface area contributed by atoms with E-state index in [9.17, 15) is 0 Å². The maximum atomic E-state index is 5.20. The van der Waals surface area contributed by atoms with Gasteiger partial charge in [0.05, 0.1) is 11.1 Å². The van der Waals surface area contributed by atoms with Crippen LogP contribution in [0.3, 0.4) is 0 Å². The summed E-state index contributed by atoms with van der Waals surface area (Å²) >= 11 is 6.81. The maximum absolute atomic E-state index is 5.20. The van der Waals surface area contributed by atoms with E-state index >= 15 is 0 Å². The average molecular weight is 348 g/mol. The molecule has 5 nitrogen and oxygen atoms in total. The second-order valence-electron chi connectivity index (χ2n) is 4.76. The number of aromatic nitrogens is 1. The number of benzene rings is 1. The van der Waals surface area contributed by atoms with Crippen LogP contribution in [0, 0.1) is 0 Å². The van der Waals surface area contributed by atoms with Gasteiger partial charge in [-0.2, -0.15) is 5.10 Å². The molecule has 2 N–H and O–H groups in total. The van der Waals surface area contributed by atoms with Gasteiger partial charge in [0.25, 0.3) is 0 Å². The van der Waals surface area contributed by atoms with Gasteiger partial charge in [-0.25, -0.2) is 4.98 Å². The first-order valence-electron chi connectivity index (χ1n) is 7.54. The molecule has 0 amide bonds. The van der Waals surface area contributed by atoms with E-state index in [1.165, 1.54) is 5.56 Å². The molecule has 0 aliphatic carbocycles. The molecule has 1 aromatic heterocycles. The average Bonchev–Trinajstić information content (AvgIpc) is 3.04. The lowest BCUT2D eigenvalue weighted by atomic mass is 10.2. The molecule has 0 aliphatic heterocycles. The van der Waals surface area contributed by atoms with E-state index in [0.29, 0.717) is 11.7 Å². The van der Waals surface area contributed by atoms with E-state index in [-0.39, 0.29) is 0 Å². The third-order valence-electron chi connectivity index (χ3n) is 3.20. The Kier molecular flexibility index (Phi) is 6.96. The van der Waals surface area contributed by atoms with E-state index < -0.39 is 0 Å². The Morgan fingerprint density at radius 2 is 2.04 bits per heavy atom. The van der Waals surface area contributed by atoms with Crippen molar-refractivity contribution in [3.05, 3.63) is 47.0 Å². The highest BCUT2D eigenvalue weighted by atomic mass is 32.1. The Morgan fingerprint density at radius 3 is 2.74 bits per heavy atom. The van der Waals surface area contributed by atoms with Crippen LogP contribution < -0.4 is 15.6 Å². The molecular weight excluding hydrogens is 326 g/mol. The second kappa shape index (κ2) is 9.22. The summed E-state index contributed by atoms with van der Waals surface area (Å²) in [7, 11) is 0. The minimum atomic E-state index is 0.499. The standard InChI is InChI=1S/C16H21N5S2/c1-3-21(4-2)16-18-11-14(23-16)12-19-20-15(22)17-10-13-8-6-5-7-9-13/h5-9,11-12H,3-4,10H2,1-2H3,(H2,17,20,22)/b19-12-. The number of nitrogens with one attached hydrogen (secondary N) is 2. The van der Waals surface area contributed by atoms with Gasteiger partial charge in [-0.3, -0.25) is 5.43 Å². The summed E-state index contributed by atoms with van der Waals surface area (Å²) in [5.41, 5.74) is 4.00. The van der Waals surface area contributed by atoms with Gasteiger partial charge in [-0.05, 0) is 31.6 Å². The van der Waals surface area contributed by atoms with Crippen LogP contribution in [0.1, 0.15) is 24.3 Å². The van der Waals surface area contributed by atoms with Crippen LogP contribution in [-0.4, -0.2) is 29.4 Å². The molecule has 0 saturated heterocycles. The summed E-state index contributed by atoms with van der Waals surface area (Å²) < 4.78 is 0. The third-order valence-corrected chi connectivity index (χ3v) is 4.43. The predicted octanol–water partition coefficient (Wildman–Crippen LogP) is 2.99. The van der Waals surface area contributed by atoms with E-state index in [1.807, 2.05) is 36.5 Å². The molecule has 122 valence electrons. The maximum Gasteiger partial charge on any atom is 0.187 e. The number of nitrogens with zero attached hydrogens (tertiary/aromatic N) is 3. The monoisotopic (exact) mass is 347 g/mol. The second-order valence-corrected chi connectivity index (χ2v) is 6.20. The van der Waals surface area contributed by atoms with Crippen molar-refractivity contribution in [1.82, 2.24) is 15.7 Å². The molecular formula is C16H21N5S2. The van der Waals surface area contributed by atoms with Gasteiger partial charge in [0, 0.05) is 25.8 Å². The van der Waals surface area contributed by atoms with Crippen molar-refractivity contribution in [2.24, 2.45) is 5.10 Å². The van der Waals surface area contributed by atoms with Crippen LogP contribution in [0.4, 0.5) is 5.13 Å². The van der Waals surface area contributed by atoms with Gasteiger partial charge in [0.1, 0.15) is 0 Å². The smallest absolute Gasteiger partial charge is 0.187 e. The molecule has 0 atom stereocenters. The molecule has 0 saturated carbocycles. The molecule has 0 radical (unpaired) electrons. The summed E-state index contributed by atoms with van der Waals surface area (Å²) in [5.74, 6) is 0. The van der Waals surface area contributed by atoms with Crippen molar-refractivity contribution in [3.63, 3.8) is 0 Å². The number of hydrazone groups is 1. The van der Waals surface area contributed by atoms with Crippen LogP contribution in [0.2, 0.25) is 0 Å². The predicted molar refractivity (Wildman–Crippen MR) is 102 cm³/mol. The fourth-order valence-corrected chi connectivity index (χ4v) is 2.99. The Hall–Kier alpha value is -1.99. The molecule has 2 rings (SSSR count). The molecule has 0 unspecified atom stereocenters. The molecule has 1 aromatic carbocycles. The van der Waals surface area contributed by atoms with Crippen molar-refractivity contribution in [2.45, 2.75) is 20.4 Å². The number of hydrogen-bond donors (Lipinski definition) is 2. The largest absolute Gasteiger partial charge is 0.357 e. The quantitative estimate of drug-likeness (QED) is 0.458. The Labute approximate surface area is 146 Å². The van der Waals surface area contributed by atoms with Gasteiger partial charge in [0.15, 0.2) is 10.2 Å². The SMILES string of the molecule is CCN(CC)c1ncc(/C=N\NC(=S)NCc2ccccc2)s1. The number of rotatable bonds is 7. The molecule has 0 spiro atoms. The lowest BCUT2D eigenvalue weighted by Crippen LogP contribution is -2.31. The van der Waals surface area contributed by atoms with E-state index in [0.717, 1.165) is 23.1 Å². The van der Waals surface area contributed by atoms with Crippen LogP contribution in [0.25, 0.3) is 0 Å². The summed E-state index contributed by atoms with van der Waals surface area (Å²) in [5, 5.41) is 8.78. The van der Waals surface area contributed by atoms with Crippen LogP contribution >= 0.6 is 23.6 Å². The van der Waals surface area contributed by atoms with E-state index in [4.69, 9.17) is 12.2 Å². The normalized spacial score (nSPS) is 10.7. The number of thiocarbonyl (C=S) groups is 1. The summed E-state index contributed by atoms with van der Waals surface area (Å²) in [4.78, 5) is 7.61. The highest BCUT2D eigenvalue weighted by Crippen LogP contribution is 2.20. The highest BCUT2D eigenvalue weighted by Gasteiger charge is 2.06. The zero-order chi connectivity index (χ0) is 16.5. The Balaban J connectivity index is 1.78. The van der Waals surface area contributed by atoms with Gasteiger partial charge in [-0.1, -0.05) is 41.7 Å². The topological polar surface area (TPSA) is 52.6 Å². The lowest BCUT2D eigenvalue weighted by Gasteiger charge is -2.16. The number of anilines is 1. The summed E-state index contributed by atoms with van der Waals surface area (Å²) in [6.07, 6.45) is 3.56. The number of hydrogen-bond acceptors (Lipinski definition) is 5. The molecule has 0 bridgehead atoms.